The highest BCUT2D eigenvalue weighted by atomic mass is 32.1. The van der Waals surface area contributed by atoms with Gasteiger partial charge >= 0.3 is 0 Å². The zero-order valence-electron chi connectivity index (χ0n) is 32.0. The summed E-state index contributed by atoms with van der Waals surface area (Å²) in [5.41, 5.74) is 8.59. The Balaban J connectivity index is 1.11. The second-order valence-electron chi connectivity index (χ2n) is 14.8. The van der Waals surface area contributed by atoms with Crippen molar-refractivity contribution in [3.63, 3.8) is 0 Å². The predicted octanol–water partition coefficient (Wildman–Crippen LogP) is 14.8. The Morgan fingerprint density at radius 3 is 1.09 bits per heavy atom. The van der Waals surface area contributed by atoms with E-state index in [0.29, 0.717) is 0 Å². The van der Waals surface area contributed by atoms with Gasteiger partial charge in [-0.2, -0.15) is 0 Å². The number of thiophene rings is 2. The molecule has 9 aromatic rings. The summed E-state index contributed by atoms with van der Waals surface area (Å²) in [6, 6.07) is 60.5. The zero-order valence-corrected chi connectivity index (χ0v) is 33.7. The fraction of sp³-hybridized carbons (Fsp3) is 0.0800. The topological polar surface area (TPSA) is 37.2 Å². The first kappa shape index (κ1) is 36.1. The van der Waals surface area contributed by atoms with E-state index >= 15 is 0 Å². The molecule has 57 heavy (non-hydrogen) atoms. The third-order valence-electron chi connectivity index (χ3n) is 9.93. The van der Waals surface area contributed by atoms with Crippen molar-refractivity contribution in [1.82, 2.24) is 14.5 Å². The number of aromatic nitrogens is 3. The number of hydrogen-bond donors (Lipinski definition) is 0. The molecule has 5 nitrogen and oxygen atoms in total. The molecule has 5 heterocycles. The van der Waals surface area contributed by atoms with E-state index in [2.05, 4.69) is 203 Å². The number of anilines is 6. The van der Waals surface area contributed by atoms with Crippen molar-refractivity contribution < 1.29 is 0 Å². The first-order valence-corrected chi connectivity index (χ1v) is 20.7. The summed E-state index contributed by atoms with van der Waals surface area (Å²) in [5.74, 6) is 2.05. The van der Waals surface area contributed by atoms with Gasteiger partial charge in [-0.15, -0.1) is 22.7 Å². The van der Waals surface area contributed by atoms with Gasteiger partial charge in [0.15, 0.2) is 0 Å². The average Bonchev–Trinajstić information content (AvgIpc) is 4.05. The highest BCUT2D eigenvalue weighted by Crippen LogP contribution is 2.46. The van der Waals surface area contributed by atoms with Crippen LogP contribution in [-0.4, -0.2) is 14.5 Å². The molecule has 0 radical (unpaired) electrons. The summed E-state index contributed by atoms with van der Waals surface area (Å²) in [6.45, 7) is 6.78. The molecular formula is C50H41N5S2. The molecule has 0 saturated carbocycles. The van der Waals surface area contributed by atoms with Crippen LogP contribution in [0.5, 0.6) is 0 Å². The van der Waals surface area contributed by atoms with E-state index in [4.69, 9.17) is 0 Å². The molecule has 0 aliphatic rings. The summed E-state index contributed by atoms with van der Waals surface area (Å²) >= 11 is 3.63. The number of pyridine rings is 2. The Morgan fingerprint density at radius 1 is 0.386 bits per heavy atom. The molecule has 0 bridgehead atoms. The summed E-state index contributed by atoms with van der Waals surface area (Å²) < 4.78 is 2.42. The lowest BCUT2D eigenvalue weighted by atomic mass is 10.1. The van der Waals surface area contributed by atoms with Gasteiger partial charge in [-0.05, 0) is 128 Å². The van der Waals surface area contributed by atoms with Crippen LogP contribution in [0.15, 0.2) is 195 Å². The second kappa shape index (κ2) is 15.5. The molecule has 0 amide bonds. The fourth-order valence-electron chi connectivity index (χ4n) is 7.30. The van der Waals surface area contributed by atoms with Gasteiger partial charge in [0.2, 0.25) is 0 Å². The van der Waals surface area contributed by atoms with E-state index in [1.807, 2.05) is 59.6 Å². The standard InChI is InChI=1S/C50H41N5S2/c1-50(2,3)55-48(53(42-16-10-32-51-34-42)40-22-18-38(19-23-40)46-28-26-44(56-46)36-12-6-4-7-13-36)30-31-49(55)54(43-17-11-33-52-35-43)41-24-20-39(21-25-41)47-29-27-45(57-47)37-14-8-5-9-15-37/h4-35H,1-3H3. The maximum atomic E-state index is 4.57. The van der Waals surface area contributed by atoms with Gasteiger partial charge in [0, 0.05) is 48.8 Å². The van der Waals surface area contributed by atoms with Crippen LogP contribution in [0.4, 0.5) is 34.4 Å². The minimum Gasteiger partial charge on any atom is -0.308 e. The summed E-state index contributed by atoms with van der Waals surface area (Å²) in [6.07, 6.45) is 7.52. The minimum atomic E-state index is -0.315. The van der Waals surface area contributed by atoms with Gasteiger partial charge in [-0.1, -0.05) is 84.9 Å². The van der Waals surface area contributed by atoms with Crippen molar-refractivity contribution in [2.75, 3.05) is 9.80 Å². The maximum absolute atomic E-state index is 4.57. The first-order valence-electron chi connectivity index (χ1n) is 19.0. The largest absolute Gasteiger partial charge is 0.308 e. The van der Waals surface area contributed by atoms with E-state index in [1.165, 1.54) is 41.8 Å². The van der Waals surface area contributed by atoms with E-state index < -0.39 is 0 Å². The van der Waals surface area contributed by atoms with Crippen LogP contribution in [0, 0.1) is 0 Å². The molecule has 5 aromatic heterocycles. The average molecular weight is 776 g/mol. The highest BCUT2D eigenvalue weighted by molar-refractivity contribution is 7.19. The Hall–Kier alpha value is -6.54. The van der Waals surface area contributed by atoms with Crippen molar-refractivity contribution in [3.8, 4) is 41.8 Å². The van der Waals surface area contributed by atoms with Crippen LogP contribution in [0.2, 0.25) is 0 Å². The molecule has 0 spiro atoms. The number of hydrogen-bond acceptors (Lipinski definition) is 6. The smallest absolute Gasteiger partial charge is 0.119 e. The van der Waals surface area contributed by atoms with E-state index in [9.17, 15) is 0 Å². The zero-order chi connectivity index (χ0) is 38.8. The summed E-state index contributed by atoms with van der Waals surface area (Å²) in [4.78, 5) is 18.7. The SMILES string of the molecule is CC(C)(C)n1c(N(c2ccc(-c3ccc(-c4ccccc4)s3)cc2)c2cccnc2)ccc1N(c1ccc(-c2ccc(-c3ccccc3)s2)cc1)c1cccnc1. The Kier molecular flexibility index (Phi) is 9.85. The van der Waals surface area contributed by atoms with Gasteiger partial charge in [0.1, 0.15) is 11.6 Å². The van der Waals surface area contributed by atoms with Crippen molar-refractivity contribution >= 4 is 57.1 Å². The lowest BCUT2D eigenvalue weighted by Gasteiger charge is -2.36. The number of nitrogens with zero attached hydrogens (tertiary/aromatic N) is 5. The predicted molar refractivity (Wildman–Crippen MR) is 242 cm³/mol. The Labute approximate surface area is 342 Å². The van der Waals surface area contributed by atoms with E-state index in [1.54, 1.807) is 0 Å². The third-order valence-corrected chi connectivity index (χ3v) is 12.3. The molecule has 0 aliphatic heterocycles. The van der Waals surface area contributed by atoms with Crippen LogP contribution in [0.25, 0.3) is 41.8 Å². The van der Waals surface area contributed by atoms with Crippen LogP contribution >= 0.6 is 22.7 Å². The number of benzene rings is 4. The fourth-order valence-corrected chi connectivity index (χ4v) is 9.34. The summed E-state index contributed by atoms with van der Waals surface area (Å²) in [7, 11) is 0. The van der Waals surface area contributed by atoms with Crippen LogP contribution in [0.1, 0.15) is 20.8 Å². The van der Waals surface area contributed by atoms with Gasteiger partial charge < -0.3 is 4.57 Å². The molecule has 0 unspecified atom stereocenters. The lowest BCUT2D eigenvalue weighted by molar-refractivity contribution is 0.405. The molecule has 7 heteroatoms. The molecule has 0 N–H and O–H groups in total. The van der Waals surface area contributed by atoms with Crippen molar-refractivity contribution in [1.29, 1.82) is 0 Å². The minimum absolute atomic E-state index is 0.315. The van der Waals surface area contributed by atoms with Gasteiger partial charge in [0.05, 0.1) is 23.8 Å². The Morgan fingerprint density at radius 2 is 0.754 bits per heavy atom. The summed E-state index contributed by atoms with van der Waals surface area (Å²) in [5, 5.41) is 0. The molecule has 278 valence electrons. The van der Waals surface area contributed by atoms with Gasteiger partial charge in [-0.25, -0.2) is 0 Å². The van der Waals surface area contributed by atoms with Crippen molar-refractivity contribution in [2.45, 2.75) is 26.3 Å². The van der Waals surface area contributed by atoms with Crippen molar-refractivity contribution in [2.24, 2.45) is 0 Å². The molecular weight excluding hydrogens is 735 g/mol. The molecule has 0 saturated heterocycles. The van der Waals surface area contributed by atoms with Crippen LogP contribution in [-0.2, 0) is 5.54 Å². The quantitative estimate of drug-likeness (QED) is 0.139. The van der Waals surface area contributed by atoms with E-state index in [0.717, 1.165) is 34.4 Å². The van der Waals surface area contributed by atoms with Crippen LogP contribution < -0.4 is 9.80 Å². The Bertz CT molecular complexity index is 2510. The third kappa shape index (κ3) is 7.43. The van der Waals surface area contributed by atoms with E-state index in [-0.39, 0.29) is 5.54 Å². The van der Waals surface area contributed by atoms with Gasteiger partial charge in [-0.3, -0.25) is 19.8 Å². The normalized spacial score (nSPS) is 11.4. The highest BCUT2D eigenvalue weighted by Gasteiger charge is 2.29. The molecule has 0 fully saturated rings. The molecule has 0 atom stereocenters. The molecule has 0 aliphatic carbocycles. The second-order valence-corrected chi connectivity index (χ2v) is 17.0. The molecule has 9 rings (SSSR count). The monoisotopic (exact) mass is 775 g/mol. The van der Waals surface area contributed by atoms with Crippen LogP contribution in [0.3, 0.4) is 0 Å². The number of rotatable bonds is 10. The van der Waals surface area contributed by atoms with Gasteiger partial charge in [0.25, 0.3) is 0 Å². The lowest BCUT2D eigenvalue weighted by Crippen LogP contribution is -2.29. The molecule has 4 aromatic carbocycles. The van der Waals surface area contributed by atoms with Crippen molar-refractivity contribution in [3.05, 3.63) is 195 Å². The first-order chi connectivity index (χ1) is 27.9. The maximum Gasteiger partial charge on any atom is 0.119 e.